The van der Waals surface area contributed by atoms with Crippen molar-refractivity contribution in [2.75, 3.05) is 4.90 Å². The number of carbonyl (C=O) groups excluding carboxylic acids is 1. The molecule has 4 rings (SSSR count). The van der Waals surface area contributed by atoms with Crippen LogP contribution in [-0.2, 0) is 17.8 Å². The number of hydrogen-bond donors (Lipinski definition) is 0. The van der Waals surface area contributed by atoms with Gasteiger partial charge in [-0.25, -0.2) is 4.98 Å². The quantitative estimate of drug-likeness (QED) is 0.368. The molecule has 0 N–H and O–H groups in total. The van der Waals surface area contributed by atoms with Gasteiger partial charge in [0.1, 0.15) is 5.76 Å². The Morgan fingerprint density at radius 1 is 1.14 bits per heavy atom. The van der Waals surface area contributed by atoms with E-state index in [1.165, 1.54) is 22.5 Å². The van der Waals surface area contributed by atoms with Crippen molar-refractivity contribution >= 4 is 48.5 Å². The highest BCUT2D eigenvalue weighted by Crippen LogP contribution is 2.32. The van der Waals surface area contributed by atoms with Gasteiger partial charge in [0.05, 0.1) is 29.4 Å². The molecule has 0 saturated carbocycles. The van der Waals surface area contributed by atoms with Crippen LogP contribution in [-0.4, -0.2) is 10.9 Å². The lowest BCUT2D eigenvalue weighted by molar-refractivity contribution is -0.118. The SMILES string of the molecule is Cc1ccc(CC(=O)N(Cc2ccco2)c2nc3ccc(Br)cc3s2)cc1C. The molecule has 142 valence electrons. The van der Waals surface area contributed by atoms with Crippen molar-refractivity contribution in [2.24, 2.45) is 0 Å². The third kappa shape index (κ3) is 4.03. The van der Waals surface area contributed by atoms with E-state index in [1.807, 2.05) is 36.4 Å². The van der Waals surface area contributed by atoms with Crippen molar-refractivity contribution in [1.29, 1.82) is 0 Å². The maximum absolute atomic E-state index is 13.2. The van der Waals surface area contributed by atoms with E-state index in [0.29, 0.717) is 18.1 Å². The molecular weight excluding hydrogens is 436 g/mol. The van der Waals surface area contributed by atoms with Crippen LogP contribution < -0.4 is 4.90 Å². The van der Waals surface area contributed by atoms with E-state index < -0.39 is 0 Å². The Labute approximate surface area is 175 Å². The summed E-state index contributed by atoms with van der Waals surface area (Å²) in [6, 6.07) is 15.8. The first-order valence-electron chi connectivity index (χ1n) is 8.94. The Kier molecular flexibility index (Phi) is 5.33. The number of benzene rings is 2. The smallest absolute Gasteiger partial charge is 0.233 e. The summed E-state index contributed by atoms with van der Waals surface area (Å²) in [5.41, 5.74) is 4.29. The third-order valence-corrected chi connectivity index (χ3v) is 6.23. The molecule has 0 aliphatic carbocycles. The van der Waals surface area contributed by atoms with Gasteiger partial charge in [0.25, 0.3) is 0 Å². The fourth-order valence-corrected chi connectivity index (χ4v) is 4.54. The number of hydrogen-bond acceptors (Lipinski definition) is 4. The Morgan fingerprint density at radius 3 is 2.75 bits per heavy atom. The number of aryl methyl sites for hydroxylation is 2. The van der Waals surface area contributed by atoms with Crippen LogP contribution in [0, 0.1) is 13.8 Å². The fourth-order valence-electron chi connectivity index (χ4n) is 3.01. The van der Waals surface area contributed by atoms with Crippen LogP contribution in [0.1, 0.15) is 22.5 Å². The summed E-state index contributed by atoms with van der Waals surface area (Å²) in [7, 11) is 0. The van der Waals surface area contributed by atoms with Crippen molar-refractivity contribution in [3.8, 4) is 0 Å². The second-order valence-electron chi connectivity index (χ2n) is 6.76. The maximum atomic E-state index is 13.2. The summed E-state index contributed by atoms with van der Waals surface area (Å²) in [6.07, 6.45) is 1.94. The summed E-state index contributed by atoms with van der Waals surface area (Å²) >= 11 is 5.00. The molecule has 4 nitrogen and oxygen atoms in total. The third-order valence-electron chi connectivity index (χ3n) is 4.69. The molecule has 0 aliphatic rings. The van der Waals surface area contributed by atoms with Crippen molar-refractivity contribution in [1.82, 2.24) is 4.98 Å². The van der Waals surface area contributed by atoms with Gasteiger partial charge in [-0.3, -0.25) is 9.69 Å². The molecule has 0 saturated heterocycles. The van der Waals surface area contributed by atoms with Gasteiger partial charge in [0.15, 0.2) is 5.13 Å². The summed E-state index contributed by atoms with van der Waals surface area (Å²) in [5, 5.41) is 0.679. The van der Waals surface area contributed by atoms with E-state index in [2.05, 4.69) is 41.9 Å². The minimum atomic E-state index is -0.00206. The molecule has 0 fully saturated rings. The number of halogens is 1. The summed E-state index contributed by atoms with van der Waals surface area (Å²) in [5.74, 6) is 0.728. The predicted octanol–water partition coefficient (Wildman–Crippen LogP) is 6.04. The first-order valence-corrected chi connectivity index (χ1v) is 10.6. The molecule has 0 aliphatic heterocycles. The standard InChI is InChI=1S/C22H19BrN2O2S/c1-14-5-6-16(10-15(14)2)11-21(26)25(13-18-4-3-9-27-18)22-24-19-8-7-17(23)12-20(19)28-22/h3-10,12H,11,13H2,1-2H3. The minimum absolute atomic E-state index is 0.00206. The first-order chi connectivity index (χ1) is 13.5. The van der Waals surface area contributed by atoms with Gasteiger partial charge >= 0.3 is 0 Å². The van der Waals surface area contributed by atoms with Gasteiger partial charge in [0.2, 0.25) is 5.91 Å². The van der Waals surface area contributed by atoms with E-state index in [9.17, 15) is 4.79 Å². The molecule has 0 atom stereocenters. The van der Waals surface area contributed by atoms with E-state index >= 15 is 0 Å². The number of aromatic nitrogens is 1. The first kappa shape index (κ1) is 18.9. The van der Waals surface area contributed by atoms with Crippen molar-refractivity contribution in [3.63, 3.8) is 0 Å². The average molecular weight is 455 g/mol. The highest BCUT2D eigenvalue weighted by Gasteiger charge is 2.22. The second kappa shape index (κ2) is 7.89. The molecule has 0 radical (unpaired) electrons. The predicted molar refractivity (Wildman–Crippen MR) is 117 cm³/mol. The van der Waals surface area contributed by atoms with E-state index in [1.54, 1.807) is 11.2 Å². The lowest BCUT2D eigenvalue weighted by atomic mass is 10.0. The molecule has 6 heteroatoms. The van der Waals surface area contributed by atoms with Crippen LogP contribution in [0.25, 0.3) is 10.2 Å². The van der Waals surface area contributed by atoms with Gasteiger partial charge in [-0.1, -0.05) is 45.5 Å². The van der Waals surface area contributed by atoms with Gasteiger partial charge < -0.3 is 4.42 Å². The molecule has 1 amide bonds. The topological polar surface area (TPSA) is 46.3 Å². The van der Waals surface area contributed by atoms with Crippen LogP contribution in [0.5, 0.6) is 0 Å². The zero-order chi connectivity index (χ0) is 19.7. The molecule has 4 aromatic rings. The molecule has 2 aromatic heterocycles. The summed E-state index contributed by atoms with van der Waals surface area (Å²) < 4.78 is 7.52. The Morgan fingerprint density at radius 2 is 2.00 bits per heavy atom. The number of amides is 1. The highest BCUT2D eigenvalue weighted by molar-refractivity contribution is 9.10. The maximum Gasteiger partial charge on any atom is 0.233 e. The molecule has 0 spiro atoms. The van der Waals surface area contributed by atoms with Crippen LogP contribution in [0.4, 0.5) is 5.13 Å². The molecule has 0 unspecified atom stereocenters. The molecular formula is C22H19BrN2O2S. The number of anilines is 1. The van der Waals surface area contributed by atoms with Gasteiger partial charge in [-0.05, 0) is 60.9 Å². The number of thiazole rings is 1. The number of carbonyl (C=O) groups is 1. The largest absolute Gasteiger partial charge is 0.467 e. The molecule has 2 heterocycles. The zero-order valence-corrected chi connectivity index (χ0v) is 18.0. The fraction of sp³-hybridized carbons (Fsp3) is 0.182. The molecule has 2 aromatic carbocycles. The zero-order valence-electron chi connectivity index (χ0n) is 15.6. The van der Waals surface area contributed by atoms with Gasteiger partial charge in [0, 0.05) is 4.47 Å². The number of furan rings is 1. The molecule has 0 bridgehead atoms. The Hall–Kier alpha value is -2.44. The normalized spacial score (nSPS) is 11.1. The highest BCUT2D eigenvalue weighted by atomic mass is 79.9. The number of fused-ring (bicyclic) bond motifs is 1. The van der Waals surface area contributed by atoms with Crippen LogP contribution in [0.2, 0.25) is 0 Å². The summed E-state index contributed by atoms with van der Waals surface area (Å²) in [6.45, 7) is 4.50. The van der Waals surface area contributed by atoms with E-state index in [4.69, 9.17) is 9.40 Å². The van der Waals surface area contributed by atoms with Crippen molar-refractivity contribution in [2.45, 2.75) is 26.8 Å². The average Bonchev–Trinajstić information content (AvgIpc) is 3.31. The Bertz CT molecular complexity index is 1130. The molecule has 28 heavy (non-hydrogen) atoms. The number of rotatable bonds is 5. The lowest BCUT2D eigenvalue weighted by Gasteiger charge is -2.19. The number of nitrogens with zero attached hydrogens (tertiary/aromatic N) is 2. The van der Waals surface area contributed by atoms with Crippen molar-refractivity contribution in [3.05, 3.63) is 81.7 Å². The summed E-state index contributed by atoms with van der Waals surface area (Å²) in [4.78, 5) is 19.6. The van der Waals surface area contributed by atoms with Gasteiger partial charge in [-0.15, -0.1) is 0 Å². The second-order valence-corrected chi connectivity index (χ2v) is 8.69. The van der Waals surface area contributed by atoms with Crippen molar-refractivity contribution < 1.29 is 9.21 Å². The van der Waals surface area contributed by atoms with Gasteiger partial charge in [-0.2, -0.15) is 0 Å². The van der Waals surface area contributed by atoms with E-state index in [0.717, 1.165) is 26.0 Å². The monoisotopic (exact) mass is 454 g/mol. The minimum Gasteiger partial charge on any atom is -0.467 e. The van der Waals surface area contributed by atoms with Crippen LogP contribution >= 0.6 is 27.3 Å². The Balaban J connectivity index is 1.67. The van der Waals surface area contributed by atoms with E-state index in [-0.39, 0.29) is 5.91 Å². The lowest BCUT2D eigenvalue weighted by Crippen LogP contribution is -2.31. The van der Waals surface area contributed by atoms with Crippen LogP contribution in [0.15, 0.2) is 63.7 Å². The van der Waals surface area contributed by atoms with Crippen LogP contribution in [0.3, 0.4) is 0 Å².